The highest BCUT2D eigenvalue weighted by Crippen LogP contribution is 2.32. The molecule has 1 amide bonds. The second-order valence-electron chi connectivity index (χ2n) is 5.12. The number of fused-ring (bicyclic) bond motifs is 1. The lowest BCUT2D eigenvalue weighted by Gasteiger charge is -2.22. The molecule has 0 bridgehead atoms. The van der Waals surface area contributed by atoms with Gasteiger partial charge in [-0.15, -0.1) is 0 Å². The molecule has 5 nitrogen and oxygen atoms in total. The molecule has 0 unspecified atom stereocenters. The summed E-state index contributed by atoms with van der Waals surface area (Å²) in [6.07, 6.45) is 2.28. The van der Waals surface area contributed by atoms with Crippen molar-refractivity contribution in [2.24, 2.45) is 0 Å². The Kier molecular flexibility index (Phi) is 3.67. The second-order valence-corrected chi connectivity index (χ2v) is 5.12. The maximum absolute atomic E-state index is 12.1. The lowest BCUT2D eigenvalue weighted by Crippen LogP contribution is -2.37. The van der Waals surface area contributed by atoms with Gasteiger partial charge >= 0.3 is 0 Å². The van der Waals surface area contributed by atoms with Gasteiger partial charge in [-0.1, -0.05) is 0 Å². The summed E-state index contributed by atoms with van der Waals surface area (Å²) in [5.74, 6) is 1.66. The molecule has 1 aliphatic heterocycles. The highest BCUT2D eigenvalue weighted by Gasteiger charge is 2.30. The largest absolute Gasteiger partial charge is 0.486 e. The van der Waals surface area contributed by atoms with Crippen LogP contribution in [-0.4, -0.2) is 43.2 Å². The number of hydrogen-bond acceptors (Lipinski definition) is 4. The third-order valence-corrected chi connectivity index (χ3v) is 3.63. The minimum atomic E-state index is 0.157. The van der Waals surface area contributed by atoms with Gasteiger partial charge in [0.25, 0.3) is 0 Å². The molecule has 0 spiro atoms. The van der Waals surface area contributed by atoms with Gasteiger partial charge < -0.3 is 19.7 Å². The molecule has 3 rings (SSSR count). The first-order chi connectivity index (χ1) is 9.78. The van der Waals surface area contributed by atoms with E-state index in [-0.39, 0.29) is 5.91 Å². The molecule has 1 saturated carbocycles. The zero-order chi connectivity index (χ0) is 13.9. The van der Waals surface area contributed by atoms with Crippen molar-refractivity contribution in [3.63, 3.8) is 0 Å². The van der Waals surface area contributed by atoms with Gasteiger partial charge in [-0.25, -0.2) is 0 Å². The van der Waals surface area contributed by atoms with Gasteiger partial charge in [0.2, 0.25) is 5.91 Å². The predicted molar refractivity (Wildman–Crippen MR) is 76.3 cm³/mol. The molecular formula is C15H20N2O3. The van der Waals surface area contributed by atoms with Crippen LogP contribution in [-0.2, 0) is 4.79 Å². The van der Waals surface area contributed by atoms with E-state index in [1.54, 1.807) is 0 Å². The number of ether oxygens (including phenoxy) is 2. The van der Waals surface area contributed by atoms with Crippen LogP contribution in [0.2, 0.25) is 0 Å². The molecular weight excluding hydrogens is 256 g/mol. The van der Waals surface area contributed by atoms with E-state index in [0.29, 0.717) is 25.8 Å². The normalized spacial score (nSPS) is 16.6. The Labute approximate surface area is 118 Å². The highest BCUT2D eigenvalue weighted by atomic mass is 16.6. The molecule has 1 heterocycles. The molecule has 1 aromatic carbocycles. The fourth-order valence-electron chi connectivity index (χ4n) is 2.46. The fraction of sp³-hybridized carbons (Fsp3) is 0.533. The number of nitrogens with one attached hydrogen (secondary N) is 1. The van der Waals surface area contributed by atoms with Gasteiger partial charge in [0.15, 0.2) is 11.5 Å². The summed E-state index contributed by atoms with van der Waals surface area (Å²) in [5.41, 5.74) is 0.884. The first kappa shape index (κ1) is 13.1. The molecule has 5 heteroatoms. The van der Waals surface area contributed by atoms with Gasteiger partial charge in [-0.05, 0) is 31.9 Å². The van der Waals surface area contributed by atoms with Gasteiger partial charge in [-0.3, -0.25) is 4.79 Å². The number of likely N-dealkylation sites (N-methyl/N-ethyl adjacent to an activating group) is 1. The third-order valence-electron chi connectivity index (χ3n) is 3.63. The van der Waals surface area contributed by atoms with E-state index < -0.39 is 0 Å². The molecule has 1 fully saturated rings. The first-order valence-electron chi connectivity index (χ1n) is 7.21. The smallest absolute Gasteiger partial charge is 0.242 e. The molecule has 0 aromatic heterocycles. The zero-order valence-corrected chi connectivity index (χ0v) is 11.7. The average molecular weight is 276 g/mol. The van der Waals surface area contributed by atoms with Crippen molar-refractivity contribution >= 4 is 11.6 Å². The number of carbonyl (C=O) groups is 1. The molecule has 0 radical (unpaired) electrons. The molecule has 1 aromatic rings. The Morgan fingerprint density at radius 3 is 2.75 bits per heavy atom. The number of nitrogens with zero attached hydrogens (tertiary/aromatic N) is 1. The molecule has 1 aliphatic carbocycles. The van der Waals surface area contributed by atoms with Gasteiger partial charge in [0, 0.05) is 24.3 Å². The van der Waals surface area contributed by atoms with Crippen LogP contribution < -0.4 is 14.8 Å². The topological polar surface area (TPSA) is 50.8 Å². The van der Waals surface area contributed by atoms with Crippen molar-refractivity contribution in [2.75, 3.05) is 31.6 Å². The quantitative estimate of drug-likeness (QED) is 0.892. The van der Waals surface area contributed by atoms with Crippen LogP contribution in [0.25, 0.3) is 0 Å². The minimum absolute atomic E-state index is 0.157. The maximum Gasteiger partial charge on any atom is 0.242 e. The van der Waals surface area contributed by atoms with E-state index >= 15 is 0 Å². The number of rotatable bonds is 5. The summed E-state index contributed by atoms with van der Waals surface area (Å²) in [6, 6.07) is 6.14. The Morgan fingerprint density at radius 1 is 1.30 bits per heavy atom. The Hall–Kier alpha value is -1.91. The number of carbonyl (C=O) groups excluding carboxylic acids is 1. The van der Waals surface area contributed by atoms with E-state index in [4.69, 9.17) is 9.47 Å². The Morgan fingerprint density at radius 2 is 2.05 bits per heavy atom. The summed E-state index contributed by atoms with van der Waals surface area (Å²) < 4.78 is 11.0. The number of anilines is 1. The van der Waals surface area contributed by atoms with Crippen molar-refractivity contribution in [1.29, 1.82) is 0 Å². The third kappa shape index (κ3) is 2.81. The average Bonchev–Trinajstić information content (AvgIpc) is 3.30. The standard InChI is InChI=1S/C15H20N2O3/c1-2-17(12-4-5-12)15(18)10-16-11-3-6-13-14(9-11)20-8-7-19-13/h3,6,9,12,16H,2,4-5,7-8,10H2,1H3. The predicted octanol–water partition coefficient (Wildman–Crippen LogP) is 1.88. The molecule has 0 atom stereocenters. The van der Waals surface area contributed by atoms with Crippen LogP contribution in [0, 0.1) is 0 Å². The summed E-state index contributed by atoms with van der Waals surface area (Å²) in [7, 11) is 0. The van der Waals surface area contributed by atoms with Crippen LogP contribution in [0.5, 0.6) is 11.5 Å². The van der Waals surface area contributed by atoms with Crippen molar-refractivity contribution < 1.29 is 14.3 Å². The van der Waals surface area contributed by atoms with E-state index in [0.717, 1.165) is 36.6 Å². The number of amides is 1. The molecule has 1 N–H and O–H groups in total. The minimum Gasteiger partial charge on any atom is -0.486 e. The summed E-state index contributed by atoms with van der Waals surface area (Å²) in [6.45, 7) is 4.29. The van der Waals surface area contributed by atoms with Crippen molar-refractivity contribution in [3.05, 3.63) is 18.2 Å². The van der Waals surface area contributed by atoms with E-state index in [1.807, 2.05) is 30.0 Å². The lowest BCUT2D eigenvalue weighted by molar-refractivity contribution is -0.129. The van der Waals surface area contributed by atoms with E-state index in [1.165, 1.54) is 0 Å². The van der Waals surface area contributed by atoms with E-state index in [2.05, 4.69) is 5.32 Å². The van der Waals surface area contributed by atoms with Gasteiger partial charge in [0.05, 0.1) is 6.54 Å². The summed E-state index contributed by atoms with van der Waals surface area (Å²) >= 11 is 0. The fourth-order valence-corrected chi connectivity index (χ4v) is 2.46. The van der Waals surface area contributed by atoms with Crippen LogP contribution in [0.15, 0.2) is 18.2 Å². The van der Waals surface area contributed by atoms with Crippen molar-refractivity contribution in [2.45, 2.75) is 25.8 Å². The zero-order valence-electron chi connectivity index (χ0n) is 11.7. The van der Waals surface area contributed by atoms with Crippen LogP contribution >= 0.6 is 0 Å². The second kappa shape index (κ2) is 5.61. The van der Waals surface area contributed by atoms with Crippen LogP contribution in [0.1, 0.15) is 19.8 Å². The van der Waals surface area contributed by atoms with Crippen molar-refractivity contribution in [3.8, 4) is 11.5 Å². The molecule has 0 saturated heterocycles. The maximum atomic E-state index is 12.1. The monoisotopic (exact) mass is 276 g/mol. The highest BCUT2D eigenvalue weighted by molar-refractivity contribution is 5.81. The van der Waals surface area contributed by atoms with Gasteiger partial charge in [-0.2, -0.15) is 0 Å². The lowest BCUT2D eigenvalue weighted by atomic mass is 10.2. The van der Waals surface area contributed by atoms with E-state index in [9.17, 15) is 4.79 Å². The number of benzene rings is 1. The first-order valence-corrected chi connectivity index (χ1v) is 7.21. The van der Waals surface area contributed by atoms with Crippen molar-refractivity contribution in [1.82, 2.24) is 4.90 Å². The van der Waals surface area contributed by atoms with Gasteiger partial charge in [0.1, 0.15) is 13.2 Å². The SMILES string of the molecule is CCN(C(=O)CNc1ccc2c(c1)OCCO2)C1CC1. The molecule has 108 valence electrons. The summed E-state index contributed by atoms with van der Waals surface area (Å²) in [4.78, 5) is 14.1. The van der Waals surface area contributed by atoms with Crippen LogP contribution in [0.3, 0.4) is 0 Å². The Bertz CT molecular complexity index is 500. The Balaban J connectivity index is 1.59. The molecule has 2 aliphatic rings. The summed E-state index contributed by atoms with van der Waals surface area (Å²) in [5, 5.41) is 3.17. The molecule has 20 heavy (non-hydrogen) atoms. The number of hydrogen-bond donors (Lipinski definition) is 1. The van der Waals surface area contributed by atoms with Crippen LogP contribution in [0.4, 0.5) is 5.69 Å².